The molecule has 0 saturated heterocycles. The van der Waals surface area contributed by atoms with Crippen molar-refractivity contribution in [3.63, 3.8) is 0 Å². The Morgan fingerprint density at radius 3 is 2.66 bits per heavy atom. The molecule has 8 nitrogen and oxygen atoms in total. The zero-order chi connectivity index (χ0) is 23.0. The molecule has 0 aromatic carbocycles. The first-order valence-corrected chi connectivity index (χ1v) is 10.0. The van der Waals surface area contributed by atoms with Crippen molar-refractivity contribution in [2.24, 2.45) is 0 Å². The van der Waals surface area contributed by atoms with Crippen molar-refractivity contribution in [2.45, 2.75) is 26.9 Å². The van der Waals surface area contributed by atoms with Gasteiger partial charge in [-0.2, -0.15) is 13.9 Å². The molecular formula is C21H18ClF2N5O3. The van der Waals surface area contributed by atoms with Crippen LogP contribution in [0.1, 0.15) is 35.1 Å². The maximum atomic E-state index is 13.4. The number of pyridine rings is 2. The van der Waals surface area contributed by atoms with Gasteiger partial charge in [0.15, 0.2) is 5.56 Å². The first kappa shape index (κ1) is 21.7. The number of hydrogen-bond donors (Lipinski definition) is 0. The molecule has 2 aromatic heterocycles. The lowest BCUT2D eigenvalue weighted by molar-refractivity contribution is 0.0522. The molecule has 0 bridgehead atoms. The van der Waals surface area contributed by atoms with E-state index in [1.165, 1.54) is 17.7 Å². The molecule has 166 valence electrons. The maximum Gasteiger partial charge on any atom is 0.346 e. The monoisotopic (exact) mass is 461 g/mol. The number of fused-ring (bicyclic) bond motifs is 1. The first-order chi connectivity index (χ1) is 15.3. The third kappa shape index (κ3) is 3.66. The molecule has 0 spiro atoms. The van der Waals surface area contributed by atoms with Crippen LogP contribution in [0.4, 0.5) is 8.78 Å². The summed E-state index contributed by atoms with van der Waals surface area (Å²) in [5, 5.41) is 4.03. The fourth-order valence-electron chi connectivity index (χ4n) is 3.60. The van der Waals surface area contributed by atoms with Crippen molar-refractivity contribution in [3.8, 4) is 17.1 Å². The second kappa shape index (κ2) is 8.54. The third-order valence-corrected chi connectivity index (χ3v) is 5.23. The highest BCUT2D eigenvalue weighted by atomic mass is 35.5. The predicted octanol–water partition coefficient (Wildman–Crippen LogP) is 3.92. The Kier molecular flexibility index (Phi) is 5.79. The zero-order valence-corrected chi connectivity index (χ0v) is 17.9. The Morgan fingerprint density at radius 2 is 2.03 bits per heavy atom. The summed E-state index contributed by atoms with van der Waals surface area (Å²) < 4.78 is 35.1. The van der Waals surface area contributed by atoms with Crippen molar-refractivity contribution < 1.29 is 18.3 Å². The first-order valence-electron chi connectivity index (χ1n) is 9.67. The molecule has 0 amide bonds. The normalized spacial score (nSPS) is 11.4. The number of rotatable bonds is 6. The summed E-state index contributed by atoms with van der Waals surface area (Å²) in [5.41, 5.74) is 0.833. The third-order valence-electron chi connectivity index (χ3n) is 5.01. The predicted molar refractivity (Wildman–Crippen MR) is 113 cm³/mol. The Bertz CT molecular complexity index is 1310. The average molecular weight is 462 g/mol. The number of halogens is 3. The molecule has 0 aliphatic carbocycles. The van der Waals surface area contributed by atoms with Crippen LogP contribution in [0.15, 0.2) is 47.7 Å². The minimum atomic E-state index is -2.87. The van der Waals surface area contributed by atoms with Crippen molar-refractivity contribution in [3.05, 3.63) is 75.2 Å². The van der Waals surface area contributed by atoms with Gasteiger partial charge in [0, 0.05) is 18.9 Å². The summed E-state index contributed by atoms with van der Waals surface area (Å²) in [6.45, 7) is 0.549. The standard InChI is InChI=1S/C21H18ClF2N5O3/c1-3-32-20(31)17-18-14(5-4-8-27(18)11-13-6-7-16(22)25-9-13)28(19(17)30)15-10-26-29(12(15)2)21(23)24/h4-10,21H,3,11H2,1-2H3. The highest BCUT2D eigenvalue weighted by Crippen LogP contribution is 2.30. The van der Waals surface area contributed by atoms with Crippen LogP contribution < -0.4 is 5.56 Å². The molecule has 0 unspecified atom stereocenters. The second-order valence-electron chi connectivity index (χ2n) is 6.93. The Hall–Kier alpha value is -3.53. The molecule has 0 atom stereocenters. The highest BCUT2D eigenvalue weighted by Gasteiger charge is 2.31. The van der Waals surface area contributed by atoms with Crippen molar-refractivity contribution >= 4 is 17.6 Å². The van der Waals surface area contributed by atoms with Gasteiger partial charge in [0.2, 0.25) is 0 Å². The van der Waals surface area contributed by atoms with Crippen LogP contribution in [0, 0.1) is 6.92 Å². The molecule has 0 saturated carbocycles. The summed E-state index contributed by atoms with van der Waals surface area (Å²) in [4.78, 5) is 30.2. The molecule has 4 heterocycles. The van der Waals surface area contributed by atoms with Gasteiger partial charge in [-0.25, -0.2) is 14.5 Å². The van der Waals surface area contributed by atoms with Crippen molar-refractivity contribution in [1.82, 2.24) is 23.9 Å². The summed E-state index contributed by atoms with van der Waals surface area (Å²) >= 11 is 5.86. The van der Waals surface area contributed by atoms with Crippen molar-refractivity contribution in [2.75, 3.05) is 6.61 Å². The Labute approximate surface area is 186 Å². The van der Waals surface area contributed by atoms with Gasteiger partial charge in [0.05, 0.1) is 35.6 Å². The molecule has 0 N–H and O–H groups in total. The summed E-state index contributed by atoms with van der Waals surface area (Å²) in [5.74, 6) is -0.797. The van der Waals surface area contributed by atoms with Gasteiger partial charge in [-0.3, -0.25) is 9.36 Å². The van der Waals surface area contributed by atoms with E-state index in [2.05, 4.69) is 10.1 Å². The topological polar surface area (TPSA) is 83.9 Å². The summed E-state index contributed by atoms with van der Waals surface area (Å²) in [6, 6.07) is 6.74. The average Bonchev–Trinajstić information content (AvgIpc) is 3.27. The van der Waals surface area contributed by atoms with Crippen LogP contribution in [-0.4, -0.2) is 36.5 Å². The quantitative estimate of drug-likeness (QED) is 0.321. The van der Waals surface area contributed by atoms with Crippen LogP contribution in [0.25, 0.3) is 17.1 Å². The number of hydrogen-bond acceptors (Lipinski definition) is 5. The molecule has 32 heavy (non-hydrogen) atoms. The number of nitrogens with zero attached hydrogens (tertiary/aromatic N) is 5. The van der Waals surface area contributed by atoms with E-state index in [9.17, 15) is 18.4 Å². The van der Waals surface area contributed by atoms with E-state index in [4.69, 9.17) is 16.3 Å². The smallest absolute Gasteiger partial charge is 0.346 e. The Morgan fingerprint density at radius 1 is 1.25 bits per heavy atom. The zero-order valence-electron chi connectivity index (χ0n) is 17.1. The van der Waals surface area contributed by atoms with Crippen molar-refractivity contribution in [1.29, 1.82) is 0 Å². The van der Waals surface area contributed by atoms with E-state index in [1.807, 2.05) is 0 Å². The van der Waals surface area contributed by atoms with Crippen LogP contribution in [-0.2, 0) is 11.3 Å². The van der Waals surface area contributed by atoms with Crippen LogP contribution in [0.5, 0.6) is 0 Å². The van der Waals surface area contributed by atoms with E-state index in [1.54, 1.807) is 48.1 Å². The van der Waals surface area contributed by atoms with Gasteiger partial charge >= 0.3 is 12.5 Å². The fourth-order valence-corrected chi connectivity index (χ4v) is 3.71. The van der Waals surface area contributed by atoms with Gasteiger partial charge in [-0.15, -0.1) is 0 Å². The fraction of sp³-hybridized carbons (Fsp3) is 0.238. The lowest BCUT2D eigenvalue weighted by atomic mass is 10.1. The van der Waals surface area contributed by atoms with E-state index >= 15 is 0 Å². The van der Waals surface area contributed by atoms with Crippen LogP contribution in [0.2, 0.25) is 5.15 Å². The highest BCUT2D eigenvalue weighted by molar-refractivity contribution is 6.29. The number of aromatic nitrogens is 5. The lowest BCUT2D eigenvalue weighted by Gasteiger charge is -2.15. The SMILES string of the molecule is CCOC(=O)c1c2n(Cc3ccc(Cl)nc3)cccc-2n(-c2cnn(C(F)F)c2C)c1=O. The lowest BCUT2D eigenvalue weighted by Crippen LogP contribution is -2.21. The number of carbonyl (C=O) groups is 1. The van der Waals surface area contributed by atoms with Gasteiger partial charge in [-0.1, -0.05) is 17.7 Å². The molecule has 11 heteroatoms. The second-order valence-corrected chi connectivity index (χ2v) is 7.32. The van der Waals surface area contributed by atoms with Gasteiger partial charge < -0.3 is 9.30 Å². The minimum Gasteiger partial charge on any atom is -0.462 e. The van der Waals surface area contributed by atoms with Crippen LogP contribution >= 0.6 is 11.6 Å². The Balaban J connectivity index is 1.94. The molecule has 2 aliphatic heterocycles. The summed E-state index contributed by atoms with van der Waals surface area (Å²) in [6.07, 6.45) is 4.47. The minimum absolute atomic E-state index is 0.0707. The van der Waals surface area contributed by atoms with Gasteiger partial charge in [-0.05, 0) is 37.6 Å². The molecule has 4 rings (SSSR count). The van der Waals surface area contributed by atoms with E-state index < -0.39 is 18.1 Å². The van der Waals surface area contributed by atoms with Crippen LogP contribution in [0.3, 0.4) is 0 Å². The van der Waals surface area contributed by atoms with E-state index in [0.717, 1.165) is 5.56 Å². The largest absolute Gasteiger partial charge is 0.462 e. The number of carbonyl (C=O) groups excluding carboxylic acids is 1. The van der Waals surface area contributed by atoms with Gasteiger partial charge in [0.1, 0.15) is 5.15 Å². The number of alkyl halides is 2. The molecule has 2 aliphatic rings. The summed E-state index contributed by atoms with van der Waals surface area (Å²) in [7, 11) is 0. The molecular weight excluding hydrogens is 444 g/mol. The molecule has 0 radical (unpaired) electrons. The number of esters is 1. The molecule has 2 aromatic rings. The van der Waals surface area contributed by atoms with E-state index in [0.29, 0.717) is 21.2 Å². The van der Waals surface area contributed by atoms with E-state index in [-0.39, 0.29) is 30.1 Å². The molecule has 0 fully saturated rings. The maximum absolute atomic E-state index is 13.4. The van der Waals surface area contributed by atoms with Gasteiger partial charge in [0.25, 0.3) is 5.56 Å². The number of ether oxygens (including phenoxy) is 1.